The second-order valence-electron chi connectivity index (χ2n) is 6.26. The van der Waals surface area contributed by atoms with Gasteiger partial charge in [0, 0.05) is 13.1 Å². The standard InChI is InChI=1S/C17H22N4O3/c1-3-12-8-14(17(23)24)16(22)18-15(12)13-9-19(2)21(10-13)11-20-6-4-5-7-20/h8-10H,3-7,11H2,1-2H3,(H-,18,22,23,24)/p+1. The van der Waals surface area contributed by atoms with Gasteiger partial charge in [0.1, 0.15) is 12.2 Å². The van der Waals surface area contributed by atoms with Crippen molar-refractivity contribution in [3.8, 4) is 11.3 Å². The molecule has 128 valence electrons. The molecule has 0 aromatic carbocycles. The molecule has 0 atom stereocenters. The van der Waals surface area contributed by atoms with Gasteiger partial charge in [0.2, 0.25) is 6.20 Å². The van der Waals surface area contributed by atoms with Gasteiger partial charge in [0.05, 0.1) is 17.5 Å². The van der Waals surface area contributed by atoms with Crippen molar-refractivity contribution in [2.75, 3.05) is 13.1 Å². The molecule has 0 aliphatic carbocycles. The number of nitrogens with one attached hydrogen (secondary N) is 1. The molecule has 0 amide bonds. The summed E-state index contributed by atoms with van der Waals surface area (Å²) in [6, 6.07) is 1.48. The van der Waals surface area contributed by atoms with Gasteiger partial charge in [-0.15, -0.1) is 9.36 Å². The molecule has 1 aliphatic rings. The molecular weight excluding hydrogens is 308 g/mol. The normalized spacial score (nSPS) is 15.1. The number of carbonyl (C=O) groups is 1. The van der Waals surface area contributed by atoms with E-state index in [4.69, 9.17) is 5.11 Å². The van der Waals surface area contributed by atoms with Crippen molar-refractivity contribution in [3.05, 3.63) is 39.9 Å². The summed E-state index contributed by atoms with van der Waals surface area (Å²) in [7, 11) is 1.97. The highest BCUT2D eigenvalue weighted by atomic mass is 16.4. The molecule has 1 saturated heterocycles. The van der Waals surface area contributed by atoms with E-state index in [1.165, 1.54) is 18.9 Å². The fourth-order valence-electron chi connectivity index (χ4n) is 3.23. The second kappa shape index (κ2) is 6.60. The van der Waals surface area contributed by atoms with Crippen LogP contribution in [-0.4, -0.2) is 38.7 Å². The number of H-pyrrole nitrogens is 1. The van der Waals surface area contributed by atoms with Crippen LogP contribution in [0.2, 0.25) is 0 Å². The summed E-state index contributed by atoms with van der Waals surface area (Å²) < 4.78 is 4.10. The first kappa shape index (κ1) is 16.4. The van der Waals surface area contributed by atoms with Crippen LogP contribution < -0.4 is 10.2 Å². The van der Waals surface area contributed by atoms with Crippen molar-refractivity contribution in [1.82, 2.24) is 14.6 Å². The Morgan fingerprint density at radius 2 is 2.08 bits per heavy atom. The average molecular weight is 331 g/mol. The van der Waals surface area contributed by atoms with E-state index in [0.29, 0.717) is 12.1 Å². The van der Waals surface area contributed by atoms with E-state index in [1.54, 1.807) is 0 Å². The number of rotatable bonds is 5. The molecule has 2 N–H and O–H groups in total. The predicted octanol–water partition coefficient (Wildman–Crippen LogP) is 0.982. The Hall–Kier alpha value is -2.41. The summed E-state index contributed by atoms with van der Waals surface area (Å²) in [5.41, 5.74) is 1.64. The highest BCUT2D eigenvalue weighted by molar-refractivity contribution is 5.88. The van der Waals surface area contributed by atoms with Crippen LogP contribution in [-0.2, 0) is 20.1 Å². The van der Waals surface area contributed by atoms with Gasteiger partial charge in [0.25, 0.3) is 5.56 Å². The first-order chi connectivity index (χ1) is 11.5. The lowest BCUT2D eigenvalue weighted by Gasteiger charge is -2.12. The summed E-state index contributed by atoms with van der Waals surface area (Å²) in [5.74, 6) is -1.20. The monoisotopic (exact) mass is 331 g/mol. The van der Waals surface area contributed by atoms with E-state index in [2.05, 4.69) is 14.6 Å². The Morgan fingerprint density at radius 1 is 1.38 bits per heavy atom. The average Bonchev–Trinajstić information content (AvgIpc) is 3.17. The van der Waals surface area contributed by atoms with Crippen LogP contribution in [0.4, 0.5) is 0 Å². The largest absolute Gasteiger partial charge is 0.477 e. The lowest BCUT2D eigenvalue weighted by Crippen LogP contribution is -2.41. The van der Waals surface area contributed by atoms with Crippen LogP contribution in [0.1, 0.15) is 35.7 Å². The third-order valence-electron chi connectivity index (χ3n) is 4.59. The Balaban J connectivity index is 1.98. The predicted molar refractivity (Wildman–Crippen MR) is 88.8 cm³/mol. The third-order valence-corrected chi connectivity index (χ3v) is 4.59. The summed E-state index contributed by atoms with van der Waals surface area (Å²) >= 11 is 0. The molecule has 24 heavy (non-hydrogen) atoms. The van der Waals surface area contributed by atoms with E-state index in [-0.39, 0.29) is 5.56 Å². The smallest absolute Gasteiger partial charge is 0.341 e. The van der Waals surface area contributed by atoms with Gasteiger partial charge in [-0.25, -0.2) is 4.79 Å². The van der Waals surface area contributed by atoms with Crippen molar-refractivity contribution >= 4 is 5.97 Å². The molecule has 0 unspecified atom stereocenters. The molecule has 2 aromatic heterocycles. The number of nitrogens with zero attached hydrogens (tertiary/aromatic N) is 3. The minimum atomic E-state index is -1.20. The number of carboxylic acids is 1. The number of aromatic amines is 1. The van der Waals surface area contributed by atoms with Crippen LogP contribution in [0.3, 0.4) is 0 Å². The fraction of sp³-hybridized carbons (Fsp3) is 0.471. The van der Waals surface area contributed by atoms with Gasteiger partial charge in [-0.3, -0.25) is 9.69 Å². The second-order valence-corrected chi connectivity index (χ2v) is 6.26. The molecular formula is C17H23N4O3+. The van der Waals surface area contributed by atoms with E-state index < -0.39 is 11.5 Å². The Labute approximate surface area is 140 Å². The molecule has 0 saturated carbocycles. The number of hydrogen-bond acceptors (Lipinski definition) is 3. The molecule has 1 aliphatic heterocycles. The van der Waals surface area contributed by atoms with Gasteiger partial charge < -0.3 is 10.1 Å². The SMILES string of the molecule is CCc1cc(C(=O)O)c(=O)[nH]c1-c1cn(CN2CCCC2)[n+](C)c1. The molecule has 0 bridgehead atoms. The number of aryl methyl sites for hydroxylation is 2. The van der Waals surface area contributed by atoms with E-state index in [1.807, 2.05) is 31.0 Å². The maximum atomic E-state index is 12.0. The number of pyridine rings is 1. The molecule has 1 fully saturated rings. The van der Waals surface area contributed by atoms with Crippen LogP contribution in [0.5, 0.6) is 0 Å². The lowest BCUT2D eigenvalue weighted by atomic mass is 10.0. The molecule has 7 nitrogen and oxygen atoms in total. The molecule has 0 spiro atoms. The molecule has 0 radical (unpaired) electrons. The Kier molecular flexibility index (Phi) is 4.53. The number of aromatic nitrogens is 3. The molecule has 3 rings (SSSR count). The lowest BCUT2D eigenvalue weighted by molar-refractivity contribution is -0.755. The maximum absolute atomic E-state index is 12.0. The zero-order chi connectivity index (χ0) is 17.3. The molecule has 7 heteroatoms. The highest BCUT2D eigenvalue weighted by Gasteiger charge is 2.20. The van der Waals surface area contributed by atoms with Crippen molar-refractivity contribution in [2.45, 2.75) is 32.9 Å². The zero-order valence-electron chi connectivity index (χ0n) is 14.1. The first-order valence-electron chi connectivity index (χ1n) is 8.28. The Morgan fingerprint density at radius 3 is 2.71 bits per heavy atom. The van der Waals surface area contributed by atoms with Gasteiger partial charge in [0.15, 0.2) is 7.05 Å². The summed E-state index contributed by atoms with van der Waals surface area (Å²) in [4.78, 5) is 28.3. The van der Waals surface area contributed by atoms with Crippen LogP contribution >= 0.6 is 0 Å². The number of hydrogen-bond donors (Lipinski definition) is 2. The zero-order valence-corrected chi connectivity index (χ0v) is 14.1. The van der Waals surface area contributed by atoms with Gasteiger partial charge in [-0.2, -0.15) is 0 Å². The van der Waals surface area contributed by atoms with Gasteiger partial charge in [-0.1, -0.05) is 6.92 Å². The first-order valence-corrected chi connectivity index (χ1v) is 8.28. The molecule has 2 aromatic rings. The van der Waals surface area contributed by atoms with Crippen LogP contribution in [0.25, 0.3) is 11.3 Å². The van der Waals surface area contributed by atoms with Crippen LogP contribution in [0, 0.1) is 0 Å². The van der Waals surface area contributed by atoms with E-state index in [0.717, 1.165) is 30.9 Å². The van der Waals surface area contributed by atoms with Gasteiger partial charge >= 0.3 is 5.97 Å². The fourth-order valence-corrected chi connectivity index (χ4v) is 3.23. The minimum Gasteiger partial charge on any atom is -0.477 e. The van der Waals surface area contributed by atoms with Crippen molar-refractivity contribution in [1.29, 1.82) is 0 Å². The van der Waals surface area contributed by atoms with Crippen molar-refractivity contribution in [3.63, 3.8) is 0 Å². The molecule has 3 heterocycles. The Bertz CT molecular complexity index is 816. The van der Waals surface area contributed by atoms with Gasteiger partial charge in [-0.05, 0) is 30.9 Å². The number of aromatic carboxylic acids is 1. The maximum Gasteiger partial charge on any atom is 0.341 e. The number of likely N-dealkylation sites (tertiary alicyclic amines) is 1. The van der Waals surface area contributed by atoms with Crippen LogP contribution in [0.15, 0.2) is 23.3 Å². The quantitative estimate of drug-likeness (QED) is 0.800. The summed E-state index contributed by atoms with van der Waals surface area (Å²) in [6.45, 7) is 4.98. The minimum absolute atomic E-state index is 0.212. The van der Waals surface area contributed by atoms with Crippen molar-refractivity contribution in [2.24, 2.45) is 7.05 Å². The van der Waals surface area contributed by atoms with Crippen molar-refractivity contribution < 1.29 is 14.6 Å². The number of carboxylic acid groups (broad SMARTS) is 1. The summed E-state index contributed by atoms with van der Waals surface area (Å²) in [6.07, 6.45) is 7.08. The highest BCUT2D eigenvalue weighted by Crippen LogP contribution is 2.21. The van der Waals surface area contributed by atoms with E-state index in [9.17, 15) is 9.59 Å². The summed E-state index contributed by atoms with van der Waals surface area (Å²) in [5, 5.41) is 9.12. The topological polar surface area (TPSA) is 82.2 Å². The third kappa shape index (κ3) is 3.12. The van der Waals surface area contributed by atoms with E-state index >= 15 is 0 Å².